The SMILES string of the molecule is CCN(C(=O)c1cccc2c1CCCN2)C(C)(C)C(=O)O. The predicted octanol–water partition coefficient (Wildman–Crippen LogP) is 2.37. The second-order valence-corrected chi connectivity index (χ2v) is 5.78. The molecule has 0 aliphatic carbocycles. The van der Waals surface area contributed by atoms with Crippen LogP contribution >= 0.6 is 0 Å². The van der Waals surface area contributed by atoms with Crippen molar-refractivity contribution in [3.05, 3.63) is 29.3 Å². The molecule has 1 aliphatic heterocycles. The molecule has 0 fully saturated rings. The number of aliphatic carboxylic acids is 1. The van der Waals surface area contributed by atoms with Crippen LogP contribution in [-0.4, -0.2) is 40.5 Å². The van der Waals surface area contributed by atoms with Gasteiger partial charge in [-0.05, 0) is 51.3 Å². The topological polar surface area (TPSA) is 69.6 Å². The summed E-state index contributed by atoms with van der Waals surface area (Å²) in [7, 11) is 0. The van der Waals surface area contributed by atoms with E-state index < -0.39 is 11.5 Å². The minimum Gasteiger partial charge on any atom is -0.480 e. The Hall–Kier alpha value is -2.04. The normalized spacial score (nSPS) is 14.0. The molecule has 5 nitrogen and oxygen atoms in total. The summed E-state index contributed by atoms with van der Waals surface area (Å²) in [5, 5.41) is 12.7. The molecule has 0 spiro atoms. The number of nitrogens with one attached hydrogen (secondary N) is 1. The van der Waals surface area contributed by atoms with Crippen molar-refractivity contribution in [3.8, 4) is 0 Å². The Morgan fingerprint density at radius 3 is 2.71 bits per heavy atom. The third-order valence-electron chi connectivity index (χ3n) is 4.08. The number of benzene rings is 1. The molecule has 0 radical (unpaired) electrons. The fraction of sp³-hybridized carbons (Fsp3) is 0.500. The molecule has 2 N–H and O–H groups in total. The number of fused-ring (bicyclic) bond motifs is 1. The van der Waals surface area contributed by atoms with Gasteiger partial charge in [0.1, 0.15) is 5.54 Å². The standard InChI is InChI=1S/C16H22N2O3/c1-4-18(16(2,3)15(20)21)14(19)12-7-5-9-13-11(12)8-6-10-17-13/h5,7,9,17H,4,6,8,10H2,1-3H3,(H,20,21). The quantitative estimate of drug-likeness (QED) is 0.893. The van der Waals surface area contributed by atoms with Gasteiger partial charge in [0.15, 0.2) is 0 Å². The van der Waals surface area contributed by atoms with Crippen molar-refractivity contribution in [2.75, 3.05) is 18.4 Å². The highest BCUT2D eigenvalue weighted by molar-refractivity contribution is 6.00. The molecular formula is C16H22N2O3. The second-order valence-electron chi connectivity index (χ2n) is 5.78. The predicted molar refractivity (Wildman–Crippen MR) is 81.7 cm³/mol. The lowest BCUT2D eigenvalue weighted by Gasteiger charge is -2.35. The van der Waals surface area contributed by atoms with Gasteiger partial charge in [0.05, 0.1) is 0 Å². The number of hydrogen-bond donors (Lipinski definition) is 2. The lowest BCUT2D eigenvalue weighted by molar-refractivity contribution is -0.147. The first kappa shape index (κ1) is 15.4. The van der Waals surface area contributed by atoms with E-state index in [9.17, 15) is 14.7 Å². The molecule has 1 amide bonds. The van der Waals surface area contributed by atoms with E-state index in [4.69, 9.17) is 0 Å². The average molecular weight is 290 g/mol. The Morgan fingerprint density at radius 2 is 2.10 bits per heavy atom. The van der Waals surface area contributed by atoms with Crippen LogP contribution < -0.4 is 5.32 Å². The van der Waals surface area contributed by atoms with E-state index in [1.54, 1.807) is 26.8 Å². The molecule has 1 aromatic rings. The molecular weight excluding hydrogens is 268 g/mol. The zero-order valence-corrected chi connectivity index (χ0v) is 12.8. The van der Waals surface area contributed by atoms with Gasteiger partial charge in [-0.15, -0.1) is 0 Å². The number of carbonyl (C=O) groups is 2. The molecule has 0 bridgehead atoms. The Labute approximate surface area is 125 Å². The summed E-state index contributed by atoms with van der Waals surface area (Å²) in [5.74, 6) is -1.22. The number of amides is 1. The third kappa shape index (κ3) is 2.73. The molecule has 0 aromatic heterocycles. The molecule has 21 heavy (non-hydrogen) atoms. The van der Waals surface area contributed by atoms with Gasteiger partial charge in [-0.3, -0.25) is 4.79 Å². The van der Waals surface area contributed by atoms with Crippen molar-refractivity contribution in [3.63, 3.8) is 0 Å². The Kier molecular flexibility index (Phi) is 4.21. The summed E-state index contributed by atoms with van der Waals surface area (Å²) in [6.07, 6.45) is 1.82. The van der Waals surface area contributed by atoms with Gasteiger partial charge in [0.25, 0.3) is 5.91 Å². The lowest BCUT2D eigenvalue weighted by atomic mass is 9.94. The smallest absolute Gasteiger partial charge is 0.329 e. The molecule has 0 unspecified atom stereocenters. The number of nitrogens with zero attached hydrogens (tertiary/aromatic N) is 1. The van der Waals surface area contributed by atoms with Crippen LogP contribution in [0.4, 0.5) is 5.69 Å². The summed E-state index contributed by atoms with van der Waals surface area (Å²) >= 11 is 0. The van der Waals surface area contributed by atoms with Crippen LogP contribution in [0.2, 0.25) is 0 Å². The highest BCUT2D eigenvalue weighted by atomic mass is 16.4. The van der Waals surface area contributed by atoms with Gasteiger partial charge in [-0.2, -0.15) is 0 Å². The number of hydrogen-bond acceptors (Lipinski definition) is 3. The molecule has 1 aromatic carbocycles. The largest absolute Gasteiger partial charge is 0.480 e. The number of anilines is 1. The van der Waals surface area contributed by atoms with Gasteiger partial charge in [0.2, 0.25) is 0 Å². The molecule has 5 heteroatoms. The minimum absolute atomic E-state index is 0.217. The molecule has 0 atom stereocenters. The maximum atomic E-state index is 12.8. The highest BCUT2D eigenvalue weighted by Gasteiger charge is 2.38. The number of carboxylic acid groups (broad SMARTS) is 1. The van der Waals surface area contributed by atoms with Gasteiger partial charge < -0.3 is 15.3 Å². The number of carbonyl (C=O) groups excluding carboxylic acids is 1. The molecule has 1 heterocycles. The van der Waals surface area contributed by atoms with Crippen LogP contribution in [0.5, 0.6) is 0 Å². The fourth-order valence-electron chi connectivity index (χ4n) is 2.76. The van der Waals surface area contributed by atoms with Crippen molar-refractivity contribution >= 4 is 17.6 Å². The van der Waals surface area contributed by atoms with Crippen LogP contribution in [0.3, 0.4) is 0 Å². The van der Waals surface area contributed by atoms with E-state index in [-0.39, 0.29) is 5.91 Å². The summed E-state index contributed by atoms with van der Waals surface area (Å²) in [6.45, 7) is 6.18. The summed E-state index contributed by atoms with van der Waals surface area (Å²) < 4.78 is 0. The van der Waals surface area contributed by atoms with Gasteiger partial charge in [0, 0.05) is 24.3 Å². The maximum absolute atomic E-state index is 12.8. The number of likely N-dealkylation sites (N-methyl/N-ethyl adjacent to an activating group) is 1. The van der Waals surface area contributed by atoms with Crippen molar-refractivity contribution < 1.29 is 14.7 Å². The molecule has 2 rings (SSSR count). The summed E-state index contributed by atoms with van der Waals surface area (Å²) in [5.41, 5.74) is 1.36. The second kappa shape index (κ2) is 5.76. The van der Waals surface area contributed by atoms with Gasteiger partial charge >= 0.3 is 5.97 Å². The van der Waals surface area contributed by atoms with E-state index in [1.165, 1.54) is 4.90 Å². The Balaban J connectivity index is 2.41. The molecule has 1 aliphatic rings. The monoisotopic (exact) mass is 290 g/mol. The number of rotatable bonds is 4. The van der Waals surface area contributed by atoms with E-state index in [0.29, 0.717) is 12.1 Å². The van der Waals surface area contributed by atoms with Crippen molar-refractivity contribution in [2.45, 2.75) is 39.2 Å². The van der Waals surface area contributed by atoms with E-state index in [1.807, 2.05) is 12.1 Å². The zero-order chi connectivity index (χ0) is 15.6. The molecule has 0 saturated carbocycles. The van der Waals surface area contributed by atoms with Crippen LogP contribution in [0.1, 0.15) is 43.1 Å². The molecule has 0 saturated heterocycles. The first-order chi connectivity index (χ1) is 9.89. The van der Waals surface area contributed by atoms with Gasteiger partial charge in [-0.1, -0.05) is 6.07 Å². The maximum Gasteiger partial charge on any atom is 0.329 e. The van der Waals surface area contributed by atoms with Crippen LogP contribution in [0.15, 0.2) is 18.2 Å². The summed E-state index contributed by atoms with van der Waals surface area (Å²) in [4.78, 5) is 25.7. The first-order valence-corrected chi connectivity index (χ1v) is 7.30. The Bertz CT molecular complexity index is 567. The molecule has 114 valence electrons. The van der Waals surface area contributed by atoms with Crippen molar-refractivity contribution in [1.82, 2.24) is 4.90 Å². The lowest BCUT2D eigenvalue weighted by Crippen LogP contribution is -2.53. The van der Waals surface area contributed by atoms with Crippen LogP contribution in [0, 0.1) is 0 Å². The van der Waals surface area contributed by atoms with E-state index in [2.05, 4.69) is 5.32 Å². The minimum atomic E-state index is -1.23. The van der Waals surface area contributed by atoms with Gasteiger partial charge in [-0.25, -0.2) is 4.79 Å². The highest BCUT2D eigenvalue weighted by Crippen LogP contribution is 2.28. The van der Waals surface area contributed by atoms with E-state index in [0.717, 1.165) is 30.6 Å². The van der Waals surface area contributed by atoms with Crippen molar-refractivity contribution in [2.24, 2.45) is 0 Å². The van der Waals surface area contributed by atoms with E-state index >= 15 is 0 Å². The Morgan fingerprint density at radius 1 is 1.38 bits per heavy atom. The zero-order valence-electron chi connectivity index (χ0n) is 12.8. The average Bonchev–Trinajstić information content (AvgIpc) is 2.46. The first-order valence-electron chi connectivity index (χ1n) is 7.30. The third-order valence-corrected chi connectivity index (χ3v) is 4.08. The van der Waals surface area contributed by atoms with Crippen LogP contribution in [-0.2, 0) is 11.2 Å². The van der Waals surface area contributed by atoms with Crippen molar-refractivity contribution in [1.29, 1.82) is 0 Å². The fourth-order valence-corrected chi connectivity index (χ4v) is 2.76. The van der Waals surface area contributed by atoms with Crippen LogP contribution in [0.25, 0.3) is 0 Å². The summed E-state index contributed by atoms with van der Waals surface area (Å²) in [6, 6.07) is 5.59. The number of carboxylic acids is 1.